The molecule has 8 nitrogen and oxygen atoms in total. The van der Waals surface area contributed by atoms with Crippen molar-refractivity contribution in [1.29, 1.82) is 0 Å². The summed E-state index contributed by atoms with van der Waals surface area (Å²) in [7, 11) is 1.13. The normalized spacial score (nSPS) is 12.1. The second kappa shape index (κ2) is 11.1. The lowest BCUT2D eigenvalue weighted by molar-refractivity contribution is -0.385. The van der Waals surface area contributed by atoms with Crippen molar-refractivity contribution in [3.05, 3.63) is 62.7 Å². The zero-order valence-electron chi connectivity index (χ0n) is 18.0. The molecule has 0 saturated heterocycles. The first-order chi connectivity index (χ1) is 15.9. The second-order valence-electron chi connectivity index (χ2n) is 7.05. The minimum Gasteiger partial charge on any atom is -0.468 e. The van der Waals surface area contributed by atoms with E-state index in [9.17, 15) is 37.7 Å². The fraction of sp³-hybridized carbons (Fsp3) is 0.318. The van der Waals surface area contributed by atoms with Crippen LogP contribution in [0.25, 0.3) is 0 Å². The number of ketones is 2. The zero-order valence-corrected chi connectivity index (χ0v) is 18.7. The molecule has 1 atom stereocenters. The molecule has 0 heterocycles. The molecule has 0 amide bonds. The van der Waals surface area contributed by atoms with Gasteiger partial charge in [-0.25, -0.2) is 0 Å². The van der Waals surface area contributed by atoms with Gasteiger partial charge in [0.15, 0.2) is 5.78 Å². The van der Waals surface area contributed by atoms with E-state index in [-0.39, 0.29) is 34.9 Å². The Morgan fingerprint density at radius 3 is 2.32 bits per heavy atom. The molecule has 1 unspecified atom stereocenters. The number of halogens is 4. The van der Waals surface area contributed by atoms with E-state index >= 15 is 0 Å². The van der Waals surface area contributed by atoms with Crippen molar-refractivity contribution in [3.8, 4) is 11.5 Å². The van der Waals surface area contributed by atoms with E-state index in [2.05, 4.69) is 4.74 Å². The van der Waals surface area contributed by atoms with Crippen LogP contribution in [0.15, 0.2) is 36.4 Å². The molecule has 0 aliphatic carbocycles. The van der Waals surface area contributed by atoms with Crippen LogP contribution in [0.1, 0.15) is 42.1 Å². The molecule has 0 fully saturated rings. The molecule has 12 heteroatoms. The molecule has 0 bridgehead atoms. The predicted octanol–water partition coefficient (Wildman–Crippen LogP) is 5.79. The molecular formula is C22H19ClF3NO7. The smallest absolute Gasteiger partial charge is 0.416 e. The molecule has 0 aliphatic rings. The fourth-order valence-electron chi connectivity index (χ4n) is 3.06. The lowest BCUT2D eigenvalue weighted by Gasteiger charge is -2.12. The van der Waals surface area contributed by atoms with Crippen LogP contribution >= 0.6 is 11.6 Å². The van der Waals surface area contributed by atoms with Gasteiger partial charge in [-0.05, 0) is 36.8 Å². The number of ether oxygens (including phenoxy) is 2. The van der Waals surface area contributed by atoms with Crippen LogP contribution in [-0.4, -0.2) is 29.6 Å². The third-order valence-electron chi connectivity index (χ3n) is 4.83. The first-order valence-corrected chi connectivity index (χ1v) is 10.2. The highest BCUT2D eigenvalue weighted by Gasteiger charge is 2.31. The third kappa shape index (κ3) is 6.53. The number of carbonyl (C=O) groups excluding carboxylic acids is 3. The average molecular weight is 502 g/mol. The number of rotatable bonds is 10. The van der Waals surface area contributed by atoms with Gasteiger partial charge in [-0.3, -0.25) is 24.5 Å². The lowest BCUT2D eigenvalue weighted by Crippen LogP contribution is -2.25. The van der Waals surface area contributed by atoms with Crippen LogP contribution in [0.3, 0.4) is 0 Å². The Kier molecular flexibility index (Phi) is 8.74. The predicted molar refractivity (Wildman–Crippen MR) is 114 cm³/mol. The Labute approximate surface area is 196 Å². The van der Waals surface area contributed by atoms with Gasteiger partial charge in [-0.2, -0.15) is 13.2 Å². The van der Waals surface area contributed by atoms with Crippen molar-refractivity contribution in [2.45, 2.75) is 32.4 Å². The summed E-state index contributed by atoms with van der Waals surface area (Å²) in [6.45, 7) is 1.60. The number of esters is 1. The zero-order chi connectivity index (χ0) is 25.6. The number of carbonyl (C=O) groups is 3. The van der Waals surface area contributed by atoms with Crippen LogP contribution in [-0.2, 0) is 20.5 Å². The van der Waals surface area contributed by atoms with Crippen molar-refractivity contribution < 1.29 is 42.0 Å². The molecule has 182 valence electrons. The van der Waals surface area contributed by atoms with Gasteiger partial charge in [-0.15, -0.1) is 0 Å². The number of hydrogen-bond donors (Lipinski definition) is 0. The number of benzene rings is 2. The van der Waals surface area contributed by atoms with E-state index in [4.69, 9.17) is 16.3 Å². The van der Waals surface area contributed by atoms with Crippen LogP contribution < -0.4 is 4.74 Å². The molecule has 0 N–H and O–H groups in total. The van der Waals surface area contributed by atoms with Crippen molar-refractivity contribution in [2.24, 2.45) is 5.92 Å². The van der Waals surface area contributed by atoms with E-state index in [0.717, 1.165) is 37.4 Å². The maximum atomic E-state index is 12.8. The topological polar surface area (TPSA) is 113 Å². The highest BCUT2D eigenvalue weighted by atomic mass is 35.5. The summed E-state index contributed by atoms with van der Waals surface area (Å²) in [6, 6.07) is 5.56. The van der Waals surface area contributed by atoms with Crippen molar-refractivity contribution in [1.82, 2.24) is 0 Å². The van der Waals surface area contributed by atoms with Gasteiger partial charge in [0.25, 0.3) is 5.69 Å². The summed E-state index contributed by atoms with van der Waals surface area (Å²) in [5.41, 5.74) is -1.92. The van der Waals surface area contributed by atoms with E-state index in [0.29, 0.717) is 6.07 Å². The summed E-state index contributed by atoms with van der Waals surface area (Å²) in [5.74, 6) is -3.36. The molecular weight excluding hydrogens is 483 g/mol. The molecule has 0 radical (unpaired) electrons. The quantitative estimate of drug-likeness (QED) is 0.133. The number of nitro groups is 1. The number of nitro benzene ring substituents is 1. The highest BCUT2D eigenvalue weighted by Crippen LogP contribution is 2.37. The summed E-state index contributed by atoms with van der Waals surface area (Å²) < 4.78 is 48.4. The van der Waals surface area contributed by atoms with E-state index in [1.165, 1.54) is 0 Å². The minimum atomic E-state index is -4.61. The number of Topliss-reactive ketones (excluding diaryl/α,β-unsaturated/α-hetero) is 2. The van der Waals surface area contributed by atoms with Gasteiger partial charge in [-0.1, -0.05) is 18.5 Å². The van der Waals surface area contributed by atoms with Crippen molar-refractivity contribution in [3.63, 3.8) is 0 Å². The summed E-state index contributed by atoms with van der Waals surface area (Å²) in [5, 5.41) is 11.0. The molecule has 2 rings (SSSR count). The molecule has 0 aromatic heterocycles. The highest BCUT2D eigenvalue weighted by molar-refractivity contribution is 6.32. The number of alkyl halides is 3. The van der Waals surface area contributed by atoms with Gasteiger partial charge in [0, 0.05) is 18.9 Å². The van der Waals surface area contributed by atoms with Gasteiger partial charge in [0.05, 0.1) is 28.2 Å². The number of hydrogen-bond acceptors (Lipinski definition) is 7. The lowest BCUT2D eigenvalue weighted by atomic mass is 9.95. The fourth-order valence-corrected chi connectivity index (χ4v) is 3.28. The monoisotopic (exact) mass is 501 g/mol. The van der Waals surface area contributed by atoms with Gasteiger partial charge < -0.3 is 9.47 Å². The largest absolute Gasteiger partial charge is 0.468 e. The van der Waals surface area contributed by atoms with Crippen LogP contribution in [0, 0.1) is 16.0 Å². The summed E-state index contributed by atoms with van der Waals surface area (Å²) >= 11 is 5.86. The number of nitrogens with zero attached hydrogens (tertiary/aromatic N) is 1. The maximum Gasteiger partial charge on any atom is 0.416 e. The SMILES string of the molecule is CCC(C(=O)CCC(=O)c1cc(Oc2ccc(C(F)(F)F)cc2Cl)ccc1[N+](=O)[O-])C(=O)OC. The number of methoxy groups -OCH3 is 1. The van der Waals surface area contributed by atoms with Crippen LogP contribution in [0.4, 0.5) is 18.9 Å². The average Bonchev–Trinajstić information content (AvgIpc) is 2.78. The van der Waals surface area contributed by atoms with Gasteiger partial charge in [0.1, 0.15) is 23.2 Å². The van der Waals surface area contributed by atoms with Crippen molar-refractivity contribution in [2.75, 3.05) is 7.11 Å². The van der Waals surface area contributed by atoms with Crippen molar-refractivity contribution >= 4 is 34.8 Å². The molecule has 2 aromatic rings. The standard InChI is InChI=1S/C22H19ClF3NO7/c1-3-14(21(30)33-2)18(28)7-8-19(29)15-11-13(5-6-17(15)27(31)32)34-20-9-4-12(10-16(20)23)22(24,25)26/h4-6,9-11,14H,3,7-8H2,1-2H3. The summed E-state index contributed by atoms with van der Waals surface area (Å²) in [6.07, 6.45) is -5.22. The molecule has 0 spiro atoms. The van der Waals surface area contributed by atoms with Crippen LogP contribution in [0.2, 0.25) is 5.02 Å². The second-order valence-corrected chi connectivity index (χ2v) is 7.46. The molecule has 0 saturated carbocycles. The minimum absolute atomic E-state index is 0.0945. The Hall–Kier alpha value is -3.47. The molecule has 2 aromatic carbocycles. The maximum absolute atomic E-state index is 12.8. The Morgan fingerprint density at radius 1 is 1.12 bits per heavy atom. The molecule has 0 aliphatic heterocycles. The van der Waals surface area contributed by atoms with E-state index in [1.54, 1.807) is 6.92 Å². The van der Waals surface area contributed by atoms with E-state index in [1.807, 2.05) is 0 Å². The van der Waals surface area contributed by atoms with Crippen LogP contribution in [0.5, 0.6) is 11.5 Å². The Balaban J connectivity index is 2.26. The first-order valence-electron chi connectivity index (χ1n) is 9.85. The molecule has 34 heavy (non-hydrogen) atoms. The van der Waals surface area contributed by atoms with Gasteiger partial charge in [0.2, 0.25) is 0 Å². The first kappa shape index (κ1) is 26.8. The van der Waals surface area contributed by atoms with Gasteiger partial charge >= 0.3 is 12.1 Å². The Bertz CT molecular complexity index is 1120. The van der Waals surface area contributed by atoms with E-state index < -0.39 is 52.2 Å². The Morgan fingerprint density at radius 2 is 1.79 bits per heavy atom. The summed E-state index contributed by atoms with van der Waals surface area (Å²) in [4.78, 5) is 47.2. The third-order valence-corrected chi connectivity index (χ3v) is 5.13.